The van der Waals surface area contributed by atoms with Crippen LogP contribution in [0, 0.1) is 12.3 Å². The minimum Gasteiger partial charge on any atom is -0.465 e. The molecule has 0 aromatic heterocycles. The van der Waals surface area contributed by atoms with Crippen LogP contribution < -0.4 is 0 Å². The van der Waals surface area contributed by atoms with Gasteiger partial charge >= 0.3 is 5.97 Å². The molecule has 7 heteroatoms. The lowest BCUT2D eigenvalue weighted by molar-refractivity contribution is -0.147. The van der Waals surface area contributed by atoms with Crippen LogP contribution >= 0.6 is 0 Å². The maximum absolute atomic E-state index is 13.5. The smallest absolute Gasteiger partial charge is 0.324 e. The fourth-order valence-electron chi connectivity index (χ4n) is 4.56. The second kappa shape index (κ2) is 7.53. The molecule has 1 N–H and O–H groups in total. The van der Waals surface area contributed by atoms with Crippen LogP contribution in [0.4, 0.5) is 0 Å². The van der Waals surface area contributed by atoms with Crippen molar-refractivity contribution in [2.75, 3.05) is 6.61 Å². The van der Waals surface area contributed by atoms with Gasteiger partial charge < -0.3 is 9.84 Å². The second-order valence-electron chi connectivity index (χ2n) is 7.94. The molecule has 1 heterocycles. The van der Waals surface area contributed by atoms with E-state index in [1.54, 1.807) is 31.2 Å². The Morgan fingerprint density at radius 1 is 1.26 bits per heavy atom. The van der Waals surface area contributed by atoms with Gasteiger partial charge in [-0.3, -0.25) is 4.79 Å². The van der Waals surface area contributed by atoms with Crippen LogP contribution in [0.15, 0.2) is 29.2 Å². The molecule has 6 nitrogen and oxygen atoms in total. The number of ether oxygens (including phenoxy) is 1. The summed E-state index contributed by atoms with van der Waals surface area (Å²) >= 11 is 0. The summed E-state index contributed by atoms with van der Waals surface area (Å²) < 4.78 is 33.6. The summed E-state index contributed by atoms with van der Waals surface area (Å²) in [6.07, 6.45) is 2.58. The number of aliphatic hydroxyl groups excluding tert-OH is 1. The van der Waals surface area contributed by atoms with E-state index in [4.69, 9.17) is 4.74 Å². The van der Waals surface area contributed by atoms with Gasteiger partial charge in [0.15, 0.2) is 0 Å². The number of rotatable bonds is 4. The third kappa shape index (κ3) is 3.52. The van der Waals surface area contributed by atoms with Gasteiger partial charge in [0, 0.05) is 11.5 Å². The van der Waals surface area contributed by atoms with Gasteiger partial charge in [-0.05, 0) is 45.2 Å². The number of benzene rings is 1. The van der Waals surface area contributed by atoms with Gasteiger partial charge in [-0.25, -0.2) is 8.42 Å². The predicted molar refractivity (Wildman–Crippen MR) is 102 cm³/mol. The van der Waals surface area contributed by atoms with E-state index in [9.17, 15) is 18.3 Å². The van der Waals surface area contributed by atoms with Crippen LogP contribution in [-0.2, 0) is 19.6 Å². The zero-order valence-corrected chi connectivity index (χ0v) is 17.0. The highest BCUT2D eigenvalue weighted by atomic mass is 32.2. The van der Waals surface area contributed by atoms with Crippen molar-refractivity contribution >= 4 is 16.0 Å². The molecule has 0 spiro atoms. The predicted octanol–water partition coefficient (Wildman–Crippen LogP) is 2.63. The topological polar surface area (TPSA) is 83.9 Å². The van der Waals surface area contributed by atoms with Crippen molar-refractivity contribution in [1.29, 1.82) is 0 Å². The Morgan fingerprint density at radius 2 is 1.89 bits per heavy atom. The fraction of sp³-hybridized carbons (Fsp3) is 0.650. The van der Waals surface area contributed by atoms with Crippen LogP contribution in [-0.4, -0.2) is 48.6 Å². The van der Waals surface area contributed by atoms with Gasteiger partial charge in [0.1, 0.15) is 6.04 Å². The number of aliphatic hydroxyl groups is 1. The maximum atomic E-state index is 13.5. The van der Waals surface area contributed by atoms with Crippen molar-refractivity contribution in [3.05, 3.63) is 29.8 Å². The molecule has 1 aliphatic heterocycles. The first-order chi connectivity index (χ1) is 12.7. The molecule has 3 rings (SSSR count). The Labute approximate surface area is 161 Å². The van der Waals surface area contributed by atoms with Gasteiger partial charge in [-0.1, -0.05) is 37.5 Å². The molecule has 1 aromatic carbocycles. The lowest BCUT2D eigenvalue weighted by Crippen LogP contribution is -2.48. The number of carbonyl (C=O) groups excluding carboxylic acids is 1. The Kier molecular flexibility index (Phi) is 5.66. The molecule has 1 aliphatic carbocycles. The number of carbonyl (C=O) groups is 1. The zero-order chi connectivity index (χ0) is 19.8. The average Bonchev–Trinajstić information content (AvgIpc) is 2.86. The van der Waals surface area contributed by atoms with Crippen LogP contribution in [0.5, 0.6) is 0 Å². The quantitative estimate of drug-likeness (QED) is 0.793. The lowest BCUT2D eigenvalue weighted by atomic mass is 9.75. The standard InChI is InChI=1S/C20H29NO5S/c1-4-26-19(23)16-13-20(3)17(7-5-6-8-18(20)22)21(16)27(24,25)15-11-9-14(2)10-12-15/h9-12,16-18,22H,4-8,13H2,1-3H3/t16-,17-,18-,20-/m1/s1. The third-order valence-corrected chi connectivity index (χ3v) is 8.06. The molecule has 0 bridgehead atoms. The molecule has 2 fully saturated rings. The monoisotopic (exact) mass is 395 g/mol. The highest BCUT2D eigenvalue weighted by Crippen LogP contribution is 2.50. The van der Waals surface area contributed by atoms with Gasteiger partial charge in [0.25, 0.3) is 0 Å². The van der Waals surface area contributed by atoms with E-state index in [0.717, 1.165) is 18.4 Å². The summed E-state index contributed by atoms with van der Waals surface area (Å²) in [7, 11) is -3.89. The van der Waals surface area contributed by atoms with Crippen molar-refractivity contribution < 1.29 is 23.1 Å². The number of aryl methyl sites for hydroxylation is 1. The summed E-state index contributed by atoms with van der Waals surface area (Å²) in [5.41, 5.74) is 0.304. The van der Waals surface area contributed by atoms with Crippen LogP contribution in [0.2, 0.25) is 0 Å². The number of hydrogen-bond donors (Lipinski definition) is 1. The highest BCUT2D eigenvalue weighted by molar-refractivity contribution is 7.89. The molecule has 27 heavy (non-hydrogen) atoms. The molecule has 2 aliphatic rings. The number of sulfonamides is 1. The first kappa shape index (κ1) is 20.3. The minimum absolute atomic E-state index is 0.172. The summed E-state index contributed by atoms with van der Waals surface area (Å²) in [5, 5.41) is 10.8. The van der Waals surface area contributed by atoms with Gasteiger partial charge in [-0.2, -0.15) is 4.31 Å². The summed E-state index contributed by atoms with van der Waals surface area (Å²) in [6.45, 7) is 5.70. The van der Waals surface area contributed by atoms with Crippen molar-refractivity contribution in [1.82, 2.24) is 4.31 Å². The summed E-state index contributed by atoms with van der Waals surface area (Å²) in [4.78, 5) is 12.8. The van der Waals surface area contributed by atoms with Crippen LogP contribution in [0.1, 0.15) is 51.5 Å². The molecule has 4 atom stereocenters. The lowest BCUT2D eigenvalue weighted by Gasteiger charge is -2.36. The first-order valence-corrected chi connectivity index (χ1v) is 11.1. The molecule has 1 saturated carbocycles. The summed E-state index contributed by atoms with van der Waals surface area (Å²) in [6, 6.07) is 5.34. The molecular weight excluding hydrogens is 366 g/mol. The Hall–Kier alpha value is -1.44. The van der Waals surface area contributed by atoms with E-state index in [1.807, 2.05) is 13.8 Å². The van der Waals surface area contributed by atoms with E-state index >= 15 is 0 Å². The molecule has 150 valence electrons. The van der Waals surface area contributed by atoms with Crippen molar-refractivity contribution in [2.24, 2.45) is 5.41 Å². The van der Waals surface area contributed by atoms with Crippen LogP contribution in [0.25, 0.3) is 0 Å². The number of nitrogens with zero attached hydrogens (tertiary/aromatic N) is 1. The minimum atomic E-state index is -3.89. The number of hydrogen-bond acceptors (Lipinski definition) is 5. The van der Waals surface area contributed by atoms with E-state index in [-0.39, 0.29) is 17.9 Å². The molecule has 1 aromatic rings. The second-order valence-corrected chi connectivity index (χ2v) is 9.79. The van der Waals surface area contributed by atoms with E-state index in [0.29, 0.717) is 12.8 Å². The Morgan fingerprint density at radius 3 is 2.52 bits per heavy atom. The van der Waals surface area contributed by atoms with E-state index < -0.39 is 39.6 Å². The van der Waals surface area contributed by atoms with E-state index in [1.165, 1.54) is 4.31 Å². The van der Waals surface area contributed by atoms with Crippen LogP contribution in [0.3, 0.4) is 0 Å². The number of esters is 1. The average molecular weight is 396 g/mol. The zero-order valence-electron chi connectivity index (χ0n) is 16.2. The van der Waals surface area contributed by atoms with Gasteiger partial charge in [0.2, 0.25) is 10.0 Å². The normalized spacial score (nSPS) is 31.9. The van der Waals surface area contributed by atoms with Gasteiger partial charge in [0.05, 0.1) is 17.6 Å². The van der Waals surface area contributed by atoms with Crippen molar-refractivity contribution in [2.45, 2.75) is 76.0 Å². The molecule has 1 saturated heterocycles. The number of fused-ring (bicyclic) bond motifs is 1. The first-order valence-electron chi connectivity index (χ1n) is 9.66. The highest BCUT2D eigenvalue weighted by Gasteiger charge is 2.59. The Bertz CT molecular complexity index is 791. The van der Waals surface area contributed by atoms with Crippen molar-refractivity contribution in [3.8, 4) is 0 Å². The van der Waals surface area contributed by atoms with Gasteiger partial charge in [-0.15, -0.1) is 0 Å². The molecule has 0 unspecified atom stereocenters. The molecule has 0 amide bonds. The summed E-state index contributed by atoms with van der Waals surface area (Å²) in [5.74, 6) is -0.533. The molecule has 0 radical (unpaired) electrons. The molecular formula is C20H29NO5S. The Balaban J connectivity index is 2.09. The SMILES string of the molecule is CCOC(=O)[C@H]1C[C@@]2(C)[C@H](O)CCCC[C@H]2N1S(=O)(=O)c1ccc(C)cc1. The maximum Gasteiger partial charge on any atom is 0.324 e. The van der Waals surface area contributed by atoms with Crippen molar-refractivity contribution in [3.63, 3.8) is 0 Å². The van der Waals surface area contributed by atoms with E-state index in [2.05, 4.69) is 0 Å². The largest absolute Gasteiger partial charge is 0.465 e. The fourth-order valence-corrected chi connectivity index (χ4v) is 6.46. The third-order valence-electron chi connectivity index (χ3n) is 6.13.